The number of hydrogen-bond donors (Lipinski definition) is 0. The van der Waals surface area contributed by atoms with Crippen LogP contribution in [0.5, 0.6) is 0 Å². The highest BCUT2D eigenvalue weighted by Crippen LogP contribution is 2.31. The van der Waals surface area contributed by atoms with Gasteiger partial charge in [-0.1, -0.05) is 30.3 Å². The largest absolute Gasteiger partial charge is 0.334 e. The summed E-state index contributed by atoms with van der Waals surface area (Å²) < 4.78 is 1.80. The molecule has 0 N–H and O–H groups in total. The topological polar surface area (TPSA) is 41.4 Å². The lowest BCUT2D eigenvalue weighted by Crippen LogP contribution is -2.38. The minimum absolute atomic E-state index is 0.182. The van der Waals surface area contributed by atoms with Crippen LogP contribution in [0.15, 0.2) is 42.7 Å². The summed E-state index contributed by atoms with van der Waals surface area (Å²) in [6.07, 6.45) is 5.99. The van der Waals surface area contributed by atoms with E-state index in [-0.39, 0.29) is 11.9 Å². The number of aryl methyl sites for hydroxylation is 1. The van der Waals surface area contributed by atoms with Crippen molar-refractivity contribution in [3.63, 3.8) is 0 Å². The van der Waals surface area contributed by atoms with Crippen LogP contribution in [0.4, 0.5) is 0 Å². The first kappa shape index (κ1) is 15.7. The van der Waals surface area contributed by atoms with Crippen molar-refractivity contribution in [3.8, 4) is 0 Å². The zero-order chi connectivity index (χ0) is 16.2. The van der Waals surface area contributed by atoms with E-state index in [0.29, 0.717) is 6.54 Å². The molecule has 1 aromatic carbocycles. The van der Waals surface area contributed by atoms with Gasteiger partial charge in [-0.15, -0.1) is 0 Å². The molecule has 122 valence electrons. The van der Waals surface area contributed by atoms with Crippen LogP contribution in [-0.2, 0) is 18.4 Å². The van der Waals surface area contributed by atoms with Gasteiger partial charge in [0, 0.05) is 31.9 Å². The number of carbonyl (C=O) groups is 1. The van der Waals surface area contributed by atoms with E-state index in [2.05, 4.69) is 22.1 Å². The standard InChI is InChI=1S/C18H24N4O/c1-20(12-15-7-4-3-5-8-15)14-18(23)22-10-6-9-17(22)16-11-19-21(2)13-16/h3-5,7-8,11,13,17H,6,9-10,12,14H2,1-2H3/t17-/m1/s1. The van der Waals surface area contributed by atoms with Crippen molar-refractivity contribution in [2.45, 2.75) is 25.4 Å². The molecule has 2 heterocycles. The predicted octanol–water partition coefficient (Wildman–Crippen LogP) is 2.22. The molecule has 1 atom stereocenters. The van der Waals surface area contributed by atoms with Crippen molar-refractivity contribution in [2.24, 2.45) is 7.05 Å². The second-order valence-corrected chi connectivity index (χ2v) is 6.35. The Labute approximate surface area is 137 Å². The molecule has 1 aliphatic heterocycles. The summed E-state index contributed by atoms with van der Waals surface area (Å²) in [5, 5.41) is 4.24. The minimum atomic E-state index is 0.182. The first-order valence-corrected chi connectivity index (χ1v) is 8.14. The molecule has 2 aromatic rings. The van der Waals surface area contributed by atoms with E-state index in [1.807, 2.05) is 49.6 Å². The fourth-order valence-electron chi connectivity index (χ4n) is 3.30. The number of benzene rings is 1. The van der Waals surface area contributed by atoms with Crippen LogP contribution in [-0.4, -0.2) is 45.6 Å². The van der Waals surface area contributed by atoms with Gasteiger partial charge >= 0.3 is 0 Å². The second-order valence-electron chi connectivity index (χ2n) is 6.35. The quantitative estimate of drug-likeness (QED) is 0.850. The Bertz CT molecular complexity index is 652. The fourth-order valence-corrected chi connectivity index (χ4v) is 3.30. The van der Waals surface area contributed by atoms with Crippen molar-refractivity contribution < 1.29 is 4.79 Å². The average Bonchev–Trinajstić information content (AvgIpc) is 3.16. The van der Waals surface area contributed by atoms with E-state index < -0.39 is 0 Å². The third-order valence-electron chi connectivity index (χ3n) is 4.38. The summed E-state index contributed by atoms with van der Waals surface area (Å²) in [5.74, 6) is 0.204. The Morgan fingerprint density at radius 3 is 2.83 bits per heavy atom. The number of likely N-dealkylation sites (tertiary alicyclic amines) is 1. The number of likely N-dealkylation sites (N-methyl/N-ethyl adjacent to an activating group) is 1. The molecule has 5 heteroatoms. The number of amides is 1. The Hall–Kier alpha value is -2.14. The monoisotopic (exact) mass is 312 g/mol. The van der Waals surface area contributed by atoms with Crippen LogP contribution in [0.2, 0.25) is 0 Å². The Kier molecular flexibility index (Phi) is 4.76. The molecule has 1 amide bonds. The maximum Gasteiger partial charge on any atom is 0.237 e. The van der Waals surface area contributed by atoms with Gasteiger partial charge in [0.05, 0.1) is 18.8 Å². The maximum atomic E-state index is 12.7. The molecular formula is C18H24N4O. The van der Waals surface area contributed by atoms with Crippen LogP contribution >= 0.6 is 0 Å². The second kappa shape index (κ2) is 6.96. The van der Waals surface area contributed by atoms with E-state index in [1.54, 1.807) is 4.68 Å². The number of aromatic nitrogens is 2. The number of hydrogen-bond acceptors (Lipinski definition) is 3. The van der Waals surface area contributed by atoms with Gasteiger partial charge in [0.25, 0.3) is 0 Å². The first-order chi connectivity index (χ1) is 11.1. The van der Waals surface area contributed by atoms with Crippen LogP contribution in [0, 0.1) is 0 Å². The lowest BCUT2D eigenvalue weighted by molar-refractivity contribution is -0.133. The van der Waals surface area contributed by atoms with Gasteiger partial charge in [-0.2, -0.15) is 5.10 Å². The van der Waals surface area contributed by atoms with Crippen LogP contribution < -0.4 is 0 Å². The summed E-state index contributed by atoms with van der Waals surface area (Å²) in [6, 6.07) is 10.4. The number of carbonyl (C=O) groups excluding carboxylic acids is 1. The highest BCUT2D eigenvalue weighted by Gasteiger charge is 2.30. The van der Waals surface area contributed by atoms with Crippen molar-refractivity contribution in [3.05, 3.63) is 53.9 Å². The van der Waals surface area contributed by atoms with E-state index >= 15 is 0 Å². The minimum Gasteiger partial charge on any atom is -0.334 e. The van der Waals surface area contributed by atoms with Gasteiger partial charge in [-0.25, -0.2) is 0 Å². The van der Waals surface area contributed by atoms with E-state index in [4.69, 9.17) is 0 Å². The molecule has 0 saturated carbocycles. The molecule has 0 bridgehead atoms. The summed E-state index contributed by atoms with van der Waals surface area (Å²) >= 11 is 0. The maximum absolute atomic E-state index is 12.7. The van der Waals surface area contributed by atoms with Crippen LogP contribution in [0.1, 0.15) is 30.0 Å². The fraction of sp³-hybridized carbons (Fsp3) is 0.444. The van der Waals surface area contributed by atoms with E-state index in [9.17, 15) is 4.79 Å². The molecule has 0 unspecified atom stereocenters. The molecule has 1 fully saturated rings. The third kappa shape index (κ3) is 3.79. The van der Waals surface area contributed by atoms with Crippen molar-refractivity contribution >= 4 is 5.91 Å². The van der Waals surface area contributed by atoms with E-state index in [0.717, 1.165) is 31.5 Å². The van der Waals surface area contributed by atoms with Crippen molar-refractivity contribution in [1.29, 1.82) is 0 Å². The molecule has 23 heavy (non-hydrogen) atoms. The van der Waals surface area contributed by atoms with Gasteiger partial charge in [-0.05, 0) is 25.5 Å². The number of rotatable bonds is 5. The van der Waals surface area contributed by atoms with Gasteiger partial charge in [0.1, 0.15) is 0 Å². The van der Waals surface area contributed by atoms with Gasteiger partial charge in [0.15, 0.2) is 0 Å². The smallest absolute Gasteiger partial charge is 0.237 e. The molecule has 5 nitrogen and oxygen atoms in total. The highest BCUT2D eigenvalue weighted by atomic mass is 16.2. The Morgan fingerprint density at radius 2 is 2.13 bits per heavy atom. The third-order valence-corrected chi connectivity index (χ3v) is 4.38. The Morgan fingerprint density at radius 1 is 1.35 bits per heavy atom. The van der Waals surface area contributed by atoms with Crippen LogP contribution in [0.25, 0.3) is 0 Å². The summed E-state index contributed by atoms with van der Waals surface area (Å²) in [5.41, 5.74) is 2.37. The zero-order valence-electron chi connectivity index (χ0n) is 13.9. The van der Waals surface area contributed by atoms with Crippen LogP contribution in [0.3, 0.4) is 0 Å². The lowest BCUT2D eigenvalue weighted by atomic mass is 10.1. The SMILES string of the molecule is CN(CC(=O)N1CCC[C@@H]1c1cnn(C)c1)Cc1ccccc1. The zero-order valence-corrected chi connectivity index (χ0v) is 13.9. The average molecular weight is 312 g/mol. The van der Waals surface area contributed by atoms with Crippen molar-refractivity contribution in [1.82, 2.24) is 19.6 Å². The highest BCUT2D eigenvalue weighted by molar-refractivity contribution is 5.79. The summed E-state index contributed by atoms with van der Waals surface area (Å²) in [7, 11) is 3.91. The number of nitrogens with zero attached hydrogens (tertiary/aromatic N) is 4. The van der Waals surface area contributed by atoms with Gasteiger partial charge in [-0.3, -0.25) is 14.4 Å². The normalized spacial score (nSPS) is 17.9. The van der Waals surface area contributed by atoms with E-state index in [1.165, 1.54) is 5.56 Å². The predicted molar refractivity (Wildman–Crippen MR) is 89.7 cm³/mol. The molecule has 0 aliphatic carbocycles. The lowest BCUT2D eigenvalue weighted by Gasteiger charge is -2.26. The van der Waals surface area contributed by atoms with Gasteiger partial charge in [0.2, 0.25) is 5.91 Å². The summed E-state index contributed by atoms with van der Waals surface area (Å²) in [4.78, 5) is 16.8. The molecule has 0 spiro atoms. The molecule has 1 saturated heterocycles. The van der Waals surface area contributed by atoms with Crippen molar-refractivity contribution in [2.75, 3.05) is 20.1 Å². The molecule has 1 aromatic heterocycles. The molecule has 3 rings (SSSR count). The molecule has 0 radical (unpaired) electrons. The molecule has 1 aliphatic rings. The Balaban J connectivity index is 1.60. The summed E-state index contributed by atoms with van der Waals surface area (Å²) in [6.45, 7) is 2.08. The molecular weight excluding hydrogens is 288 g/mol. The van der Waals surface area contributed by atoms with Gasteiger partial charge < -0.3 is 4.90 Å². The first-order valence-electron chi connectivity index (χ1n) is 8.14.